The lowest BCUT2D eigenvalue weighted by Crippen LogP contribution is -2.60. The number of carbonyl (C=O) groups is 3. The highest BCUT2D eigenvalue weighted by atomic mass is 16.8. The molecule has 16 atom stereocenters. The van der Waals surface area contributed by atoms with Gasteiger partial charge in [-0.3, -0.25) is 4.79 Å². The standard InChI is InChI=1S/C34H46O19/c1-5-15-17(18(29(44)46-3)12-48-31(15)52-33-27(42)25(40)23(38)20(10-36)50-33)8-7-14(9-35)22-16(6-2)32(49-13-19(22)30(45)47-4)53-34-28(43)26(41)24(39)21(11-37)51-34/h5-7,9,12-13,15-17,20-28,31-34,36-43H,1-2,8,10-11H2,3-4H3/b14-7+/t15-,16-,17+,20-,21-,22+,23+,24+,25-,26-,27-,28-,31+,32+,33+,34+/m1/s1. The fraction of sp³-hybridized carbons (Fsp3) is 0.618. The topological polar surface area (TPSA) is 287 Å². The van der Waals surface area contributed by atoms with Crippen molar-refractivity contribution in [1.82, 2.24) is 0 Å². The molecule has 19 nitrogen and oxygen atoms in total. The first-order chi connectivity index (χ1) is 25.3. The third-order valence-electron chi connectivity index (χ3n) is 9.59. The summed E-state index contributed by atoms with van der Waals surface area (Å²) in [6.45, 7) is 6.16. The van der Waals surface area contributed by atoms with Gasteiger partial charge in [0.05, 0.1) is 57.0 Å². The first kappa shape index (κ1) is 42.2. The van der Waals surface area contributed by atoms with Gasteiger partial charge in [-0.1, -0.05) is 18.2 Å². The summed E-state index contributed by atoms with van der Waals surface area (Å²) in [5, 5.41) is 81.1. The Morgan fingerprint density at radius 1 is 0.698 bits per heavy atom. The predicted octanol–water partition coefficient (Wildman–Crippen LogP) is -3.20. The van der Waals surface area contributed by atoms with Gasteiger partial charge in [0.1, 0.15) is 55.1 Å². The quantitative estimate of drug-likeness (QED) is 0.0375. The van der Waals surface area contributed by atoms with Crippen molar-refractivity contribution >= 4 is 18.2 Å². The number of aldehydes is 1. The molecule has 0 spiro atoms. The molecule has 2 saturated heterocycles. The van der Waals surface area contributed by atoms with Crippen LogP contribution in [0.1, 0.15) is 6.42 Å². The Bertz CT molecular complexity index is 1410. The normalized spacial score (nSPS) is 40.4. The highest BCUT2D eigenvalue weighted by molar-refractivity contribution is 5.92. The van der Waals surface area contributed by atoms with Crippen molar-refractivity contribution in [2.24, 2.45) is 23.7 Å². The number of aliphatic hydroxyl groups excluding tert-OH is 8. The van der Waals surface area contributed by atoms with Crippen LogP contribution in [0.4, 0.5) is 0 Å². The maximum atomic E-state index is 13.0. The van der Waals surface area contributed by atoms with Gasteiger partial charge < -0.3 is 78.7 Å². The number of hydrogen-bond acceptors (Lipinski definition) is 19. The van der Waals surface area contributed by atoms with Gasteiger partial charge in [0, 0.05) is 17.8 Å². The number of allylic oxidation sites excluding steroid dienone is 2. The molecule has 0 aromatic heterocycles. The second kappa shape index (κ2) is 18.7. The molecule has 8 N–H and O–H groups in total. The van der Waals surface area contributed by atoms with E-state index in [9.17, 15) is 55.2 Å². The molecule has 0 radical (unpaired) electrons. The zero-order chi connectivity index (χ0) is 39.1. The molecule has 0 saturated carbocycles. The van der Waals surface area contributed by atoms with E-state index in [1.807, 2.05) is 0 Å². The average Bonchev–Trinajstić information content (AvgIpc) is 3.17. The Balaban J connectivity index is 1.66. The summed E-state index contributed by atoms with van der Waals surface area (Å²) in [7, 11) is 2.23. The minimum atomic E-state index is -1.81. The van der Waals surface area contributed by atoms with E-state index in [4.69, 9.17) is 37.9 Å². The van der Waals surface area contributed by atoms with E-state index in [0.29, 0.717) is 6.29 Å². The summed E-state index contributed by atoms with van der Waals surface area (Å²) >= 11 is 0. The Morgan fingerprint density at radius 2 is 1.15 bits per heavy atom. The molecule has 19 heteroatoms. The summed E-state index contributed by atoms with van der Waals surface area (Å²) in [6, 6.07) is 0. The first-order valence-electron chi connectivity index (χ1n) is 16.5. The van der Waals surface area contributed by atoms with E-state index in [1.54, 1.807) is 0 Å². The van der Waals surface area contributed by atoms with Gasteiger partial charge in [-0.05, 0) is 12.0 Å². The summed E-state index contributed by atoms with van der Waals surface area (Å²) < 4.78 is 43.7. The first-order valence-corrected chi connectivity index (χ1v) is 16.5. The highest BCUT2D eigenvalue weighted by Gasteiger charge is 2.50. The van der Waals surface area contributed by atoms with Crippen molar-refractivity contribution in [1.29, 1.82) is 0 Å². The van der Waals surface area contributed by atoms with Crippen LogP contribution in [0, 0.1) is 23.7 Å². The molecule has 0 bridgehead atoms. The van der Waals surface area contributed by atoms with Crippen LogP contribution in [0.15, 0.2) is 60.6 Å². The Hall–Kier alpha value is -3.57. The summed E-state index contributed by atoms with van der Waals surface area (Å²) in [5.41, 5.74) is -0.223. The van der Waals surface area contributed by atoms with Crippen LogP contribution < -0.4 is 0 Å². The molecule has 4 aliphatic heterocycles. The van der Waals surface area contributed by atoms with Crippen molar-refractivity contribution in [3.63, 3.8) is 0 Å². The lowest BCUT2D eigenvalue weighted by molar-refractivity contribution is -0.339. The molecule has 296 valence electrons. The van der Waals surface area contributed by atoms with Gasteiger partial charge in [-0.25, -0.2) is 9.59 Å². The van der Waals surface area contributed by atoms with Crippen molar-refractivity contribution in [2.75, 3.05) is 27.4 Å². The molecule has 0 aliphatic carbocycles. The largest absolute Gasteiger partial charge is 0.471 e. The average molecular weight is 759 g/mol. The fourth-order valence-corrected chi connectivity index (χ4v) is 6.58. The van der Waals surface area contributed by atoms with E-state index in [-0.39, 0.29) is 23.1 Å². The van der Waals surface area contributed by atoms with Gasteiger partial charge >= 0.3 is 11.9 Å². The van der Waals surface area contributed by atoms with Crippen molar-refractivity contribution in [2.45, 2.75) is 80.4 Å². The second-order valence-electron chi connectivity index (χ2n) is 12.6. The van der Waals surface area contributed by atoms with Crippen molar-refractivity contribution < 1.29 is 93.1 Å². The molecule has 2 fully saturated rings. The number of methoxy groups -OCH3 is 2. The SMILES string of the molecule is C=C[C@H]1[C@H](O[C@@H]2O[C@H](CO)[C@H](O)[C@@H](O)[C@H]2O)OC=C(C(=O)OC)[C@H]1C/C=C(\C=O)[C@@H]1C(C(=O)OC)=CO[C@@H](O[C@@H]2O[C@H](CO)[C@H](O)[C@@H](O)[C@H]2O)[C@@H]1C=C. The van der Waals surface area contributed by atoms with Gasteiger partial charge in [0.15, 0.2) is 12.6 Å². The third-order valence-corrected chi connectivity index (χ3v) is 9.59. The molecular weight excluding hydrogens is 712 g/mol. The number of esters is 2. The molecule has 0 aromatic carbocycles. The molecular formula is C34H46O19. The maximum Gasteiger partial charge on any atom is 0.337 e. The summed E-state index contributed by atoms with van der Waals surface area (Å²) in [5.74, 6) is -5.82. The van der Waals surface area contributed by atoms with Gasteiger partial charge in [0.25, 0.3) is 0 Å². The van der Waals surface area contributed by atoms with Crippen LogP contribution in [-0.2, 0) is 52.3 Å². The fourth-order valence-electron chi connectivity index (χ4n) is 6.58. The van der Waals surface area contributed by atoms with Gasteiger partial charge in [0.2, 0.25) is 12.6 Å². The van der Waals surface area contributed by atoms with E-state index in [2.05, 4.69) is 13.2 Å². The van der Waals surface area contributed by atoms with Crippen LogP contribution in [-0.4, -0.2) is 161 Å². The van der Waals surface area contributed by atoms with Crippen LogP contribution in [0.25, 0.3) is 0 Å². The Kier molecular flexibility index (Phi) is 14.8. The number of ether oxygens (including phenoxy) is 8. The van der Waals surface area contributed by atoms with Gasteiger partial charge in [-0.2, -0.15) is 0 Å². The summed E-state index contributed by atoms with van der Waals surface area (Å²) in [4.78, 5) is 38.7. The molecule has 4 rings (SSSR count). The predicted molar refractivity (Wildman–Crippen MR) is 173 cm³/mol. The molecule has 0 aromatic rings. The zero-order valence-electron chi connectivity index (χ0n) is 28.8. The number of hydrogen-bond donors (Lipinski definition) is 8. The highest BCUT2D eigenvalue weighted by Crippen LogP contribution is 2.41. The van der Waals surface area contributed by atoms with Crippen molar-refractivity contribution in [3.8, 4) is 0 Å². The Morgan fingerprint density at radius 3 is 1.58 bits per heavy atom. The van der Waals surface area contributed by atoms with Gasteiger partial charge in [-0.15, -0.1) is 13.2 Å². The zero-order valence-corrected chi connectivity index (χ0v) is 28.8. The van der Waals surface area contributed by atoms with Crippen LogP contribution in [0.3, 0.4) is 0 Å². The van der Waals surface area contributed by atoms with Crippen LogP contribution >= 0.6 is 0 Å². The van der Waals surface area contributed by atoms with E-state index < -0.39 is 123 Å². The molecule has 53 heavy (non-hydrogen) atoms. The molecule has 4 aliphatic rings. The number of carbonyl (C=O) groups excluding carboxylic acids is 3. The van der Waals surface area contributed by atoms with Crippen molar-refractivity contribution in [3.05, 3.63) is 60.6 Å². The van der Waals surface area contributed by atoms with E-state index in [1.165, 1.54) is 18.2 Å². The van der Waals surface area contributed by atoms with Crippen LogP contribution in [0.2, 0.25) is 0 Å². The number of aliphatic hydroxyl groups is 8. The van der Waals surface area contributed by atoms with E-state index >= 15 is 0 Å². The summed E-state index contributed by atoms with van der Waals surface area (Å²) in [6.07, 6.45) is -12.7. The molecule has 0 unspecified atom stereocenters. The minimum Gasteiger partial charge on any atom is -0.471 e. The van der Waals surface area contributed by atoms with E-state index in [0.717, 1.165) is 26.7 Å². The molecule has 4 heterocycles. The molecule has 0 amide bonds. The number of rotatable bonds is 14. The lowest BCUT2D eigenvalue weighted by Gasteiger charge is -2.43. The third kappa shape index (κ3) is 8.72. The van der Waals surface area contributed by atoms with Crippen LogP contribution in [0.5, 0.6) is 0 Å². The Labute approximate surface area is 303 Å². The monoisotopic (exact) mass is 758 g/mol. The lowest BCUT2D eigenvalue weighted by atomic mass is 9.76. The smallest absolute Gasteiger partial charge is 0.337 e. The maximum absolute atomic E-state index is 13.0. The minimum absolute atomic E-state index is 0.0210. The second-order valence-corrected chi connectivity index (χ2v) is 12.6.